The number of hydrogen-bond donors (Lipinski definition) is 2. The molecule has 2 aromatic heterocycles. The molecule has 1 unspecified atom stereocenters. The minimum atomic E-state index is -0.821. The molecular formula is C19H18N2O3. The summed E-state index contributed by atoms with van der Waals surface area (Å²) in [7, 11) is 0. The van der Waals surface area contributed by atoms with Gasteiger partial charge in [0, 0.05) is 35.3 Å². The summed E-state index contributed by atoms with van der Waals surface area (Å²) >= 11 is 0. The molecule has 24 heavy (non-hydrogen) atoms. The van der Waals surface area contributed by atoms with E-state index in [2.05, 4.69) is 4.98 Å². The van der Waals surface area contributed by atoms with Crippen molar-refractivity contribution < 1.29 is 14.7 Å². The highest BCUT2D eigenvalue weighted by molar-refractivity contribution is 5.99. The van der Waals surface area contributed by atoms with Crippen molar-refractivity contribution in [2.45, 2.75) is 32.2 Å². The minimum Gasteiger partial charge on any atom is -0.481 e. The van der Waals surface area contributed by atoms with E-state index in [1.54, 1.807) is 12.1 Å². The van der Waals surface area contributed by atoms with Crippen molar-refractivity contribution >= 4 is 22.7 Å². The SMILES string of the molecule is Cc1[nH]c2ccccc2c1CC(=O)c1ccc2n1CCC2C(=O)O. The van der Waals surface area contributed by atoms with E-state index in [0.717, 1.165) is 27.9 Å². The predicted octanol–water partition coefficient (Wildman–Crippen LogP) is 3.28. The van der Waals surface area contributed by atoms with Crippen LogP contribution in [0.3, 0.4) is 0 Å². The zero-order chi connectivity index (χ0) is 16.8. The van der Waals surface area contributed by atoms with Crippen LogP contribution in [0.2, 0.25) is 0 Å². The van der Waals surface area contributed by atoms with E-state index in [1.165, 1.54) is 0 Å². The Morgan fingerprint density at radius 3 is 2.83 bits per heavy atom. The number of aromatic amines is 1. The second kappa shape index (κ2) is 5.37. The molecule has 0 saturated heterocycles. The number of carboxylic acid groups (broad SMARTS) is 1. The monoisotopic (exact) mass is 322 g/mol. The molecule has 0 aliphatic carbocycles. The maximum atomic E-state index is 12.8. The predicted molar refractivity (Wildman–Crippen MR) is 90.5 cm³/mol. The van der Waals surface area contributed by atoms with E-state index in [4.69, 9.17) is 0 Å². The molecule has 0 bridgehead atoms. The zero-order valence-electron chi connectivity index (χ0n) is 13.4. The van der Waals surface area contributed by atoms with Crippen LogP contribution in [0.15, 0.2) is 36.4 Å². The van der Waals surface area contributed by atoms with Crippen LogP contribution in [0.4, 0.5) is 0 Å². The molecule has 1 aromatic carbocycles. The van der Waals surface area contributed by atoms with Crippen LogP contribution in [0.5, 0.6) is 0 Å². The summed E-state index contributed by atoms with van der Waals surface area (Å²) in [5, 5.41) is 10.3. The molecule has 0 fully saturated rings. The number of aryl methyl sites for hydroxylation is 1. The quantitative estimate of drug-likeness (QED) is 0.724. The summed E-state index contributed by atoms with van der Waals surface area (Å²) in [6.45, 7) is 2.57. The maximum absolute atomic E-state index is 12.8. The summed E-state index contributed by atoms with van der Waals surface area (Å²) in [6.07, 6.45) is 0.870. The van der Waals surface area contributed by atoms with Crippen LogP contribution in [-0.4, -0.2) is 26.4 Å². The molecule has 1 atom stereocenters. The van der Waals surface area contributed by atoms with Gasteiger partial charge in [-0.2, -0.15) is 0 Å². The molecule has 0 radical (unpaired) electrons. The number of Topliss-reactive ketones (excluding diaryl/α,β-unsaturated/α-hetero) is 1. The van der Waals surface area contributed by atoms with E-state index < -0.39 is 11.9 Å². The number of rotatable bonds is 4. The third kappa shape index (κ3) is 2.16. The Balaban J connectivity index is 1.67. The van der Waals surface area contributed by atoms with Crippen molar-refractivity contribution in [1.29, 1.82) is 0 Å². The number of benzene rings is 1. The van der Waals surface area contributed by atoms with Gasteiger partial charge < -0.3 is 14.7 Å². The molecule has 3 heterocycles. The lowest BCUT2D eigenvalue weighted by molar-refractivity contribution is -0.138. The Bertz CT molecular complexity index is 964. The Kier molecular flexibility index (Phi) is 3.30. The van der Waals surface area contributed by atoms with Crippen molar-refractivity contribution in [2.24, 2.45) is 0 Å². The lowest BCUT2D eigenvalue weighted by Crippen LogP contribution is -2.11. The van der Waals surface area contributed by atoms with Gasteiger partial charge in [-0.25, -0.2) is 0 Å². The van der Waals surface area contributed by atoms with Gasteiger partial charge in [-0.1, -0.05) is 18.2 Å². The minimum absolute atomic E-state index is 0.0279. The number of fused-ring (bicyclic) bond motifs is 2. The molecule has 5 heteroatoms. The molecular weight excluding hydrogens is 304 g/mol. The maximum Gasteiger partial charge on any atom is 0.312 e. The first-order valence-corrected chi connectivity index (χ1v) is 8.08. The molecule has 122 valence electrons. The van der Waals surface area contributed by atoms with Crippen molar-refractivity contribution in [3.63, 3.8) is 0 Å². The molecule has 3 aromatic rings. The largest absolute Gasteiger partial charge is 0.481 e. The van der Waals surface area contributed by atoms with E-state index in [1.807, 2.05) is 35.8 Å². The van der Waals surface area contributed by atoms with Crippen molar-refractivity contribution in [3.05, 3.63) is 59.0 Å². The lowest BCUT2D eigenvalue weighted by atomic mass is 10.0. The first kappa shape index (κ1) is 14.8. The number of carbonyl (C=O) groups is 2. The third-order valence-electron chi connectivity index (χ3n) is 4.96. The summed E-state index contributed by atoms with van der Waals surface area (Å²) in [6, 6.07) is 11.5. The van der Waals surface area contributed by atoms with Gasteiger partial charge in [0.2, 0.25) is 0 Å². The molecule has 0 spiro atoms. The first-order chi connectivity index (χ1) is 11.6. The van der Waals surface area contributed by atoms with Gasteiger partial charge in [0.05, 0.1) is 11.6 Å². The van der Waals surface area contributed by atoms with Crippen LogP contribution in [0.1, 0.15) is 39.8 Å². The summed E-state index contributed by atoms with van der Waals surface area (Å²) < 4.78 is 1.87. The van der Waals surface area contributed by atoms with Gasteiger partial charge in [0.1, 0.15) is 0 Å². The van der Waals surface area contributed by atoms with Crippen molar-refractivity contribution in [1.82, 2.24) is 9.55 Å². The second-order valence-electron chi connectivity index (χ2n) is 6.35. The molecule has 5 nitrogen and oxygen atoms in total. The Morgan fingerprint density at radius 2 is 2.04 bits per heavy atom. The number of H-pyrrole nitrogens is 1. The second-order valence-corrected chi connectivity index (χ2v) is 6.35. The van der Waals surface area contributed by atoms with E-state index >= 15 is 0 Å². The van der Waals surface area contributed by atoms with Crippen molar-refractivity contribution in [3.8, 4) is 0 Å². The fourth-order valence-corrected chi connectivity index (χ4v) is 3.75. The average molecular weight is 322 g/mol. The van der Waals surface area contributed by atoms with E-state index in [0.29, 0.717) is 25.1 Å². The fourth-order valence-electron chi connectivity index (χ4n) is 3.75. The Hall–Kier alpha value is -2.82. The molecule has 1 aliphatic rings. The number of carboxylic acids is 1. The Morgan fingerprint density at radius 1 is 1.25 bits per heavy atom. The van der Waals surface area contributed by atoms with Crippen LogP contribution >= 0.6 is 0 Å². The number of aromatic nitrogens is 2. The van der Waals surface area contributed by atoms with Gasteiger partial charge in [0.15, 0.2) is 5.78 Å². The van der Waals surface area contributed by atoms with Crippen molar-refractivity contribution in [2.75, 3.05) is 0 Å². The third-order valence-corrected chi connectivity index (χ3v) is 4.96. The standard InChI is InChI=1S/C19H18N2O3/c1-11-14(12-4-2-3-5-15(12)20-11)10-18(22)17-7-6-16-13(19(23)24)8-9-21(16)17/h2-7,13,20H,8-10H2,1H3,(H,23,24). The number of hydrogen-bond acceptors (Lipinski definition) is 2. The number of para-hydroxylation sites is 1. The van der Waals surface area contributed by atoms with Crippen LogP contribution in [0.25, 0.3) is 10.9 Å². The molecule has 4 rings (SSSR count). The fraction of sp³-hybridized carbons (Fsp3) is 0.263. The van der Waals surface area contributed by atoms with Gasteiger partial charge in [-0.15, -0.1) is 0 Å². The van der Waals surface area contributed by atoms with Gasteiger partial charge in [-0.05, 0) is 37.1 Å². The highest BCUT2D eigenvalue weighted by atomic mass is 16.4. The summed E-state index contributed by atoms with van der Waals surface area (Å²) in [4.78, 5) is 27.4. The Labute approximate surface area is 138 Å². The topological polar surface area (TPSA) is 75.1 Å². The molecule has 0 saturated carbocycles. The number of carbonyl (C=O) groups excluding carboxylic acids is 1. The van der Waals surface area contributed by atoms with Gasteiger partial charge >= 0.3 is 5.97 Å². The number of aliphatic carboxylic acids is 1. The average Bonchev–Trinajstić information content (AvgIpc) is 3.21. The summed E-state index contributed by atoms with van der Waals surface area (Å²) in [5.74, 6) is -1.29. The highest BCUT2D eigenvalue weighted by Gasteiger charge is 2.31. The van der Waals surface area contributed by atoms with E-state index in [9.17, 15) is 14.7 Å². The zero-order valence-corrected chi connectivity index (χ0v) is 13.4. The number of ketones is 1. The van der Waals surface area contributed by atoms with Crippen LogP contribution in [-0.2, 0) is 17.8 Å². The van der Waals surface area contributed by atoms with Crippen LogP contribution < -0.4 is 0 Å². The van der Waals surface area contributed by atoms with Gasteiger partial charge in [0.25, 0.3) is 0 Å². The highest BCUT2D eigenvalue weighted by Crippen LogP contribution is 2.31. The first-order valence-electron chi connectivity index (χ1n) is 8.08. The van der Waals surface area contributed by atoms with Gasteiger partial charge in [-0.3, -0.25) is 9.59 Å². The molecule has 0 amide bonds. The molecule has 2 N–H and O–H groups in total. The number of nitrogens with zero attached hydrogens (tertiary/aromatic N) is 1. The number of nitrogens with one attached hydrogen (secondary N) is 1. The van der Waals surface area contributed by atoms with E-state index in [-0.39, 0.29) is 5.78 Å². The lowest BCUT2D eigenvalue weighted by Gasteiger charge is -2.06. The smallest absolute Gasteiger partial charge is 0.312 e. The normalized spacial score (nSPS) is 16.5. The molecule has 1 aliphatic heterocycles. The van der Waals surface area contributed by atoms with Crippen LogP contribution in [0, 0.1) is 6.92 Å². The summed E-state index contributed by atoms with van der Waals surface area (Å²) in [5.41, 5.74) is 4.39.